The van der Waals surface area contributed by atoms with Crippen LogP contribution in [0.15, 0.2) is 35.4 Å². The minimum absolute atomic E-state index is 0.0343. The Kier molecular flexibility index (Phi) is 5.56. The van der Waals surface area contributed by atoms with Crippen molar-refractivity contribution in [3.05, 3.63) is 41.3 Å². The SMILES string of the molecule is CCS(=O)(=O)CCn1c(NS(=O)(=O)c2ccc(Cl)cc2)cnc1C. The molecule has 1 heterocycles. The van der Waals surface area contributed by atoms with Gasteiger partial charge in [0.05, 0.1) is 16.8 Å². The molecule has 0 saturated carbocycles. The molecule has 2 aromatic rings. The zero-order chi connectivity index (χ0) is 18.0. The number of hydrogen-bond donors (Lipinski definition) is 1. The van der Waals surface area contributed by atoms with Crippen molar-refractivity contribution in [1.29, 1.82) is 0 Å². The third-order valence-corrected chi connectivity index (χ3v) is 6.79. The summed E-state index contributed by atoms with van der Waals surface area (Å²) >= 11 is 5.76. The van der Waals surface area contributed by atoms with E-state index in [1.807, 2.05) is 0 Å². The van der Waals surface area contributed by atoms with E-state index in [0.29, 0.717) is 10.8 Å². The largest absolute Gasteiger partial charge is 0.313 e. The average molecular weight is 392 g/mol. The number of halogens is 1. The summed E-state index contributed by atoms with van der Waals surface area (Å²) in [7, 11) is -6.99. The highest BCUT2D eigenvalue weighted by molar-refractivity contribution is 7.92. The van der Waals surface area contributed by atoms with Gasteiger partial charge in [0.1, 0.15) is 11.6 Å². The van der Waals surface area contributed by atoms with Gasteiger partial charge in [-0.2, -0.15) is 0 Å². The van der Waals surface area contributed by atoms with Gasteiger partial charge in [0, 0.05) is 17.3 Å². The van der Waals surface area contributed by atoms with Gasteiger partial charge in [0.15, 0.2) is 9.84 Å². The van der Waals surface area contributed by atoms with Crippen molar-refractivity contribution >= 4 is 37.3 Å². The fourth-order valence-electron chi connectivity index (χ4n) is 2.02. The lowest BCUT2D eigenvalue weighted by atomic mass is 10.4. The number of benzene rings is 1. The summed E-state index contributed by atoms with van der Waals surface area (Å²) in [5, 5.41) is 0.430. The maximum absolute atomic E-state index is 12.4. The Hall–Kier alpha value is -1.58. The van der Waals surface area contributed by atoms with Crippen molar-refractivity contribution in [1.82, 2.24) is 9.55 Å². The normalized spacial score (nSPS) is 12.3. The molecule has 0 aliphatic carbocycles. The molecule has 0 radical (unpaired) electrons. The Balaban J connectivity index is 2.25. The number of sulfone groups is 1. The van der Waals surface area contributed by atoms with Gasteiger partial charge in [0.25, 0.3) is 10.0 Å². The van der Waals surface area contributed by atoms with E-state index in [1.165, 1.54) is 35.0 Å². The first-order valence-corrected chi connectivity index (χ1v) is 10.8. The van der Waals surface area contributed by atoms with E-state index < -0.39 is 19.9 Å². The Morgan fingerprint density at radius 3 is 2.38 bits per heavy atom. The second-order valence-electron chi connectivity index (χ2n) is 5.14. The first-order valence-electron chi connectivity index (χ1n) is 7.15. The Morgan fingerprint density at radius 2 is 1.79 bits per heavy atom. The van der Waals surface area contributed by atoms with Gasteiger partial charge in [-0.05, 0) is 31.2 Å². The van der Waals surface area contributed by atoms with Gasteiger partial charge in [-0.1, -0.05) is 18.5 Å². The predicted molar refractivity (Wildman–Crippen MR) is 93.6 cm³/mol. The molecule has 0 aliphatic heterocycles. The van der Waals surface area contributed by atoms with E-state index in [0.717, 1.165) is 0 Å². The monoisotopic (exact) mass is 391 g/mol. The number of nitrogens with one attached hydrogen (secondary N) is 1. The highest BCUT2D eigenvalue weighted by atomic mass is 35.5. The molecule has 0 bridgehead atoms. The van der Waals surface area contributed by atoms with E-state index in [9.17, 15) is 16.8 Å². The number of aromatic nitrogens is 2. The third-order valence-electron chi connectivity index (χ3n) is 3.48. The number of imidazole rings is 1. The molecule has 0 atom stereocenters. The van der Waals surface area contributed by atoms with Crippen LogP contribution >= 0.6 is 11.6 Å². The van der Waals surface area contributed by atoms with Crippen molar-refractivity contribution in [2.45, 2.75) is 25.3 Å². The van der Waals surface area contributed by atoms with E-state index in [1.54, 1.807) is 13.8 Å². The molecule has 0 spiro atoms. The summed E-state index contributed by atoms with van der Waals surface area (Å²) in [5.41, 5.74) is 0. The third kappa shape index (κ3) is 4.49. The first-order chi connectivity index (χ1) is 11.1. The second-order valence-corrected chi connectivity index (χ2v) is 9.73. The molecule has 7 nitrogen and oxygen atoms in total. The molecule has 0 fully saturated rings. The van der Waals surface area contributed by atoms with Crippen LogP contribution in [0.2, 0.25) is 5.02 Å². The van der Waals surface area contributed by atoms with Crippen LogP contribution in [0.25, 0.3) is 0 Å². The van der Waals surface area contributed by atoms with Crippen molar-refractivity contribution < 1.29 is 16.8 Å². The van der Waals surface area contributed by atoms with Gasteiger partial charge in [-0.15, -0.1) is 0 Å². The Labute approximate surface area is 146 Å². The first kappa shape index (κ1) is 18.8. The molecular weight excluding hydrogens is 374 g/mol. The molecule has 0 aliphatic rings. The zero-order valence-corrected chi connectivity index (χ0v) is 15.6. The summed E-state index contributed by atoms with van der Waals surface area (Å²) in [6, 6.07) is 5.73. The molecule has 1 N–H and O–H groups in total. The molecule has 2 rings (SSSR count). The fourth-order valence-corrected chi connectivity index (χ4v) is 3.94. The minimum atomic E-state index is -3.82. The summed E-state index contributed by atoms with van der Waals surface area (Å²) in [6.45, 7) is 3.37. The van der Waals surface area contributed by atoms with Crippen LogP contribution in [0.1, 0.15) is 12.7 Å². The number of hydrogen-bond acceptors (Lipinski definition) is 5. The zero-order valence-electron chi connectivity index (χ0n) is 13.2. The highest BCUT2D eigenvalue weighted by Crippen LogP contribution is 2.19. The maximum atomic E-state index is 12.4. The lowest BCUT2D eigenvalue weighted by molar-refractivity contribution is 0.589. The van der Waals surface area contributed by atoms with Crippen LogP contribution in [-0.2, 0) is 26.4 Å². The second kappa shape index (κ2) is 7.12. The summed E-state index contributed by atoms with van der Waals surface area (Å²) in [6.07, 6.45) is 1.36. The molecule has 1 aromatic heterocycles. The van der Waals surface area contributed by atoms with Crippen molar-refractivity contribution in [3.63, 3.8) is 0 Å². The Morgan fingerprint density at radius 1 is 1.17 bits per heavy atom. The highest BCUT2D eigenvalue weighted by Gasteiger charge is 2.18. The van der Waals surface area contributed by atoms with Crippen molar-refractivity contribution in [3.8, 4) is 0 Å². The van der Waals surface area contributed by atoms with E-state index >= 15 is 0 Å². The molecule has 10 heteroatoms. The predicted octanol–water partition coefficient (Wildman–Crippen LogP) is 2.08. The molecule has 24 heavy (non-hydrogen) atoms. The van der Waals surface area contributed by atoms with E-state index in [4.69, 9.17) is 11.6 Å². The summed E-state index contributed by atoms with van der Waals surface area (Å²) in [4.78, 5) is 4.11. The average Bonchev–Trinajstić information content (AvgIpc) is 2.85. The minimum Gasteiger partial charge on any atom is -0.313 e. The van der Waals surface area contributed by atoms with Crippen LogP contribution < -0.4 is 4.72 Å². The van der Waals surface area contributed by atoms with Crippen LogP contribution in [-0.4, -0.2) is 37.9 Å². The number of anilines is 1. The maximum Gasteiger partial charge on any atom is 0.263 e. The van der Waals surface area contributed by atoms with Gasteiger partial charge < -0.3 is 4.57 Å². The molecule has 0 unspecified atom stereocenters. The van der Waals surface area contributed by atoms with Crippen molar-refractivity contribution in [2.24, 2.45) is 0 Å². The van der Waals surface area contributed by atoms with Crippen LogP contribution in [0.3, 0.4) is 0 Å². The van der Waals surface area contributed by atoms with Gasteiger partial charge >= 0.3 is 0 Å². The smallest absolute Gasteiger partial charge is 0.263 e. The van der Waals surface area contributed by atoms with Gasteiger partial charge in [0.2, 0.25) is 0 Å². The van der Waals surface area contributed by atoms with Crippen molar-refractivity contribution in [2.75, 3.05) is 16.2 Å². The van der Waals surface area contributed by atoms with Gasteiger partial charge in [-0.25, -0.2) is 21.8 Å². The fraction of sp³-hybridized carbons (Fsp3) is 0.357. The lowest BCUT2D eigenvalue weighted by Gasteiger charge is -2.12. The molecular formula is C14H18ClN3O4S2. The van der Waals surface area contributed by atoms with Crippen LogP contribution in [0.5, 0.6) is 0 Å². The molecule has 0 amide bonds. The summed E-state index contributed by atoms with van der Waals surface area (Å²) in [5.74, 6) is 0.687. The molecule has 132 valence electrons. The standard InChI is InChI=1S/C14H18ClN3O4S2/c1-3-23(19,20)9-8-18-11(2)16-10-14(18)17-24(21,22)13-6-4-12(15)5-7-13/h4-7,10,17H,3,8-9H2,1-2H3. The lowest BCUT2D eigenvalue weighted by Crippen LogP contribution is -2.20. The topological polar surface area (TPSA) is 98.1 Å². The number of nitrogens with zero attached hydrogens (tertiary/aromatic N) is 2. The van der Waals surface area contributed by atoms with Crippen LogP contribution in [0.4, 0.5) is 5.82 Å². The number of sulfonamides is 1. The molecule has 0 saturated heterocycles. The van der Waals surface area contributed by atoms with E-state index in [-0.39, 0.29) is 28.8 Å². The number of rotatable bonds is 7. The Bertz CT molecular complexity index is 919. The quantitative estimate of drug-likeness (QED) is 0.779. The molecule has 1 aromatic carbocycles. The van der Waals surface area contributed by atoms with Crippen LogP contribution in [0, 0.1) is 6.92 Å². The number of aryl methyl sites for hydroxylation is 1. The summed E-state index contributed by atoms with van der Waals surface area (Å²) < 4.78 is 52.1. The van der Waals surface area contributed by atoms with Gasteiger partial charge in [-0.3, -0.25) is 4.72 Å². The van der Waals surface area contributed by atoms with E-state index in [2.05, 4.69) is 9.71 Å².